The zero-order chi connectivity index (χ0) is 19.4. The van der Waals surface area contributed by atoms with Crippen LogP contribution < -0.4 is 4.72 Å². The first-order chi connectivity index (χ1) is 12.1. The molecule has 2 aromatic rings. The zero-order valence-corrected chi connectivity index (χ0v) is 17.6. The van der Waals surface area contributed by atoms with E-state index < -0.39 is 25.9 Å². The Balaban J connectivity index is 2.20. The molecular formula is C18H25NO4S3. The predicted octanol–water partition coefficient (Wildman–Crippen LogP) is 3.32. The Bertz CT molecular complexity index is 900. The Kier molecular flexibility index (Phi) is 7.01. The van der Waals surface area contributed by atoms with Crippen molar-refractivity contribution in [3.05, 3.63) is 57.8 Å². The molecule has 0 aliphatic rings. The maximum absolute atomic E-state index is 12.5. The summed E-state index contributed by atoms with van der Waals surface area (Å²) >= 11 is 1.48. The highest BCUT2D eigenvalue weighted by atomic mass is 32.2. The lowest BCUT2D eigenvalue weighted by Gasteiger charge is -2.19. The van der Waals surface area contributed by atoms with Crippen molar-refractivity contribution in [2.75, 3.05) is 17.8 Å². The third-order valence-corrected chi connectivity index (χ3v) is 7.38. The molecule has 0 spiro atoms. The van der Waals surface area contributed by atoms with Gasteiger partial charge < -0.3 is 0 Å². The van der Waals surface area contributed by atoms with E-state index in [2.05, 4.69) is 18.6 Å². The van der Waals surface area contributed by atoms with Gasteiger partial charge in [0.25, 0.3) is 0 Å². The minimum atomic E-state index is -3.61. The summed E-state index contributed by atoms with van der Waals surface area (Å²) in [4.78, 5) is 0.897. The van der Waals surface area contributed by atoms with E-state index in [1.54, 1.807) is 0 Å². The molecular weight excluding hydrogens is 390 g/mol. The highest BCUT2D eigenvalue weighted by Gasteiger charge is 2.22. The van der Waals surface area contributed by atoms with Gasteiger partial charge in [-0.1, -0.05) is 44.2 Å². The fraction of sp³-hybridized carbons (Fsp3) is 0.444. The largest absolute Gasteiger partial charge is 0.229 e. The summed E-state index contributed by atoms with van der Waals surface area (Å²) in [6.45, 7) is 4.21. The molecule has 1 atom stereocenters. The first-order valence-corrected chi connectivity index (χ1v) is 13.0. The molecule has 1 N–H and O–H groups in total. The van der Waals surface area contributed by atoms with Gasteiger partial charge >= 0.3 is 0 Å². The Labute approximate surface area is 160 Å². The van der Waals surface area contributed by atoms with Gasteiger partial charge in [-0.25, -0.2) is 21.6 Å². The van der Waals surface area contributed by atoms with Gasteiger partial charge in [0.15, 0.2) is 0 Å². The van der Waals surface area contributed by atoms with E-state index in [1.807, 2.05) is 41.8 Å². The number of hydrogen-bond donors (Lipinski definition) is 1. The summed E-state index contributed by atoms with van der Waals surface area (Å²) in [6, 6.07) is 11.2. The minimum Gasteiger partial charge on any atom is -0.229 e. The van der Waals surface area contributed by atoms with Crippen molar-refractivity contribution < 1.29 is 16.8 Å². The van der Waals surface area contributed by atoms with Crippen LogP contribution in [0.3, 0.4) is 0 Å². The average Bonchev–Trinajstić information content (AvgIpc) is 3.05. The molecule has 0 saturated carbocycles. The van der Waals surface area contributed by atoms with Gasteiger partial charge in [0.1, 0.15) is 9.84 Å². The van der Waals surface area contributed by atoms with Crippen molar-refractivity contribution in [3.63, 3.8) is 0 Å². The fourth-order valence-electron chi connectivity index (χ4n) is 2.57. The molecule has 1 aromatic carbocycles. The summed E-state index contributed by atoms with van der Waals surface area (Å²) < 4.78 is 50.1. The van der Waals surface area contributed by atoms with E-state index in [4.69, 9.17) is 0 Å². The standard InChI is InChI=1S/C18H25NO4S3/c1-14(2)15-7-9-16(10-8-15)18(17-6-4-11-24-17)19-26(22,23)13-5-12-25(3,20)21/h4,6-11,14,18-19H,5,12-13H2,1-3H3. The molecule has 0 amide bonds. The molecule has 26 heavy (non-hydrogen) atoms. The monoisotopic (exact) mass is 415 g/mol. The fourth-order valence-corrected chi connectivity index (χ4v) is 5.56. The minimum absolute atomic E-state index is 0.0810. The number of rotatable bonds is 9. The van der Waals surface area contributed by atoms with Gasteiger partial charge in [-0.05, 0) is 34.9 Å². The molecule has 0 aliphatic heterocycles. The number of nitrogens with one attached hydrogen (secondary N) is 1. The van der Waals surface area contributed by atoms with Crippen molar-refractivity contribution in [2.24, 2.45) is 0 Å². The van der Waals surface area contributed by atoms with Crippen LogP contribution in [0, 0.1) is 0 Å². The summed E-state index contributed by atoms with van der Waals surface area (Å²) in [5, 5.41) is 1.91. The lowest BCUT2D eigenvalue weighted by molar-refractivity contribution is 0.571. The van der Waals surface area contributed by atoms with Gasteiger partial charge in [0.2, 0.25) is 10.0 Å². The van der Waals surface area contributed by atoms with E-state index in [-0.39, 0.29) is 17.9 Å². The number of thiophene rings is 1. The molecule has 8 heteroatoms. The lowest BCUT2D eigenvalue weighted by Crippen LogP contribution is -2.31. The Morgan fingerprint density at radius 2 is 1.58 bits per heavy atom. The zero-order valence-electron chi connectivity index (χ0n) is 15.2. The van der Waals surface area contributed by atoms with E-state index >= 15 is 0 Å². The van der Waals surface area contributed by atoms with Crippen molar-refractivity contribution >= 4 is 31.2 Å². The second-order valence-electron chi connectivity index (χ2n) is 6.69. The second-order valence-corrected chi connectivity index (χ2v) is 11.8. The van der Waals surface area contributed by atoms with Crippen LogP contribution in [-0.2, 0) is 19.9 Å². The Morgan fingerprint density at radius 3 is 2.08 bits per heavy atom. The van der Waals surface area contributed by atoms with Gasteiger partial charge in [0, 0.05) is 11.1 Å². The third kappa shape index (κ3) is 6.50. The number of sulfone groups is 1. The molecule has 0 radical (unpaired) electrons. The molecule has 0 bridgehead atoms. The third-order valence-electron chi connectivity index (χ3n) is 3.99. The first-order valence-electron chi connectivity index (χ1n) is 8.38. The Hall–Kier alpha value is -1.22. The van der Waals surface area contributed by atoms with Gasteiger partial charge in [-0.2, -0.15) is 0 Å². The van der Waals surface area contributed by atoms with Gasteiger partial charge in [-0.3, -0.25) is 0 Å². The van der Waals surface area contributed by atoms with E-state index in [9.17, 15) is 16.8 Å². The average molecular weight is 416 g/mol. The van der Waals surface area contributed by atoms with Crippen LogP contribution in [0.2, 0.25) is 0 Å². The summed E-state index contributed by atoms with van der Waals surface area (Å²) in [7, 11) is -6.79. The quantitative estimate of drug-likeness (QED) is 0.681. The number of benzene rings is 1. The maximum Gasteiger partial charge on any atom is 0.212 e. The van der Waals surface area contributed by atoms with Crippen molar-refractivity contribution in [1.29, 1.82) is 0 Å². The molecule has 1 aromatic heterocycles. The van der Waals surface area contributed by atoms with Crippen LogP contribution in [0.15, 0.2) is 41.8 Å². The van der Waals surface area contributed by atoms with Crippen LogP contribution in [0.1, 0.15) is 48.2 Å². The van der Waals surface area contributed by atoms with Crippen LogP contribution in [0.25, 0.3) is 0 Å². The predicted molar refractivity (Wildman–Crippen MR) is 108 cm³/mol. The second kappa shape index (κ2) is 8.65. The first kappa shape index (κ1) is 21.1. The molecule has 0 saturated heterocycles. The van der Waals surface area contributed by atoms with Gasteiger partial charge in [-0.15, -0.1) is 11.3 Å². The van der Waals surface area contributed by atoms with Crippen molar-refractivity contribution in [3.8, 4) is 0 Å². The van der Waals surface area contributed by atoms with Crippen LogP contribution in [-0.4, -0.2) is 34.6 Å². The van der Waals surface area contributed by atoms with Crippen molar-refractivity contribution in [2.45, 2.75) is 32.2 Å². The van der Waals surface area contributed by atoms with Crippen molar-refractivity contribution in [1.82, 2.24) is 4.72 Å². The summed E-state index contributed by atoms with van der Waals surface area (Å²) in [5.74, 6) is 0.0455. The molecule has 1 unspecified atom stereocenters. The van der Waals surface area contributed by atoms with Gasteiger partial charge in [0.05, 0.1) is 17.5 Å². The van der Waals surface area contributed by atoms with Crippen LogP contribution in [0.5, 0.6) is 0 Å². The molecule has 144 valence electrons. The summed E-state index contributed by atoms with van der Waals surface area (Å²) in [5.41, 5.74) is 2.05. The SMILES string of the molecule is CC(C)c1ccc(C(NS(=O)(=O)CCCS(C)(=O)=O)c2cccs2)cc1. The van der Waals surface area contributed by atoms with E-state index in [1.165, 1.54) is 16.9 Å². The number of sulfonamides is 1. The number of hydrogen-bond acceptors (Lipinski definition) is 5. The highest BCUT2D eigenvalue weighted by Crippen LogP contribution is 2.28. The molecule has 5 nitrogen and oxygen atoms in total. The van der Waals surface area contributed by atoms with E-state index in [0.717, 1.165) is 16.7 Å². The lowest BCUT2D eigenvalue weighted by atomic mass is 9.99. The summed E-state index contributed by atoms with van der Waals surface area (Å²) in [6.07, 6.45) is 1.19. The van der Waals surface area contributed by atoms with E-state index in [0.29, 0.717) is 5.92 Å². The topological polar surface area (TPSA) is 80.3 Å². The molecule has 2 rings (SSSR count). The molecule has 0 fully saturated rings. The smallest absolute Gasteiger partial charge is 0.212 e. The normalized spacial score (nSPS) is 13.8. The van der Waals surface area contributed by atoms with Crippen LogP contribution >= 0.6 is 11.3 Å². The maximum atomic E-state index is 12.5. The van der Waals surface area contributed by atoms with Crippen LogP contribution in [0.4, 0.5) is 0 Å². The molecule has 0 aliphatic carbocycles. The Morgan fingerprint density at radius 1 is 0.962 bits per heavy atom. The molecule has 1 heterocycles. The highest BCUT2D eigenvalue weighted by molar-refractivity contribution is 7.91.